The average Bonchev–Trinajstić information content (AvgIpc) is 3.39. The largest absolute Gasteiger partial charge is 0.324 e. The van der Waals surface area contributed by atoms with Gasteiger partial charge >= 0.3 is 0 Å². The highest BCUT2D eigenvalue weighted by atomic mass is 32.2. The number of hydrogen-bond donors (Lipinski definition) is 1. The van der Waals surface area contributed by atoms with E-state index in [2.05, 4.69) is 10.4 Å². The summed E-state index contributed by atoms with van der Waals surface area (Å²) in [5.74, 6) is -0.0136. The lowest BCUT2D eigenvalue weighted by molar-refractivity contribution is -0.119. The van der Waals surface area contributed by atoms with E-state index in [0.717, 1.165) is 24.8 Å². The molecule has 132 valence electrons. The maximum atomic E-state index is 12.4. The van der Waals surface area contributed by atoms with E-state index in [4.69, 9.17) is 0 Å². The van der Waals surface area contributed by atoms with E-state index in [1.807, 2.05) is 0 Å². The molecule has 3 rings (SSSR count). The molecule has 7 nitrogen and oxygen atoms in total. The predicted octanol–water partition coefficient (Wildman–Crippen LogP) is 1.72. The molecule has 1 fully saturated rings. The van der Waals surface area contributed by atoms with Crippen LogP contribution in [-0.2, 0) is 14.6 Å². The second-order valence-corrected chi connectivity index (χ2v) is 8.29. The highest BCUT2D eigenvalue weighted by Crippen LogP contribution is 2.38. The lowest BCUT2D eigenvalue weighted by Gasteiger charge is -2.15. The van der Waals surface area contributed by atoms with Crippen LogP contribution in [0.25, 0.3) is 0 Å². The number of rotatable bonds is 5. The number of aromatic nitrogens is 2. The van der Waals surface area contributed by atoms with Gasteiger partial charge in [-0.3, -0.25) is 9.59 Å². The summed E-state index contributed by atoms with van der Waals surface area (Å²) < 4.78 is 24.1. The van der Waals surface area contributed by atoms with E-state index in [0.29, 0.717) is 11.6 Å². The van der Waals surface area contributed by atoms with E-state index in [-0.39, 0.29) is 10.5 Å². The molecule has 0 aliphatic heterocycles. The third-order valence-corrected chi connectivity index (χ3v) is 5.27. The van der Waals surface area contributed by atoms with Crippen molar-refractivity contribution in [2.75, 3.05) is 11.6 Å². The first-order chi connectivity index (χ1) is 11.8. The number of amides is 1. The van der Waals surface area contributed by atoms with Gasteiger partial charge in [-0.05, 0) is 50.1 Å². The van der Waals surface area contributed by atoms with Gasteiger partial charge in [0.15, 0.2) is 9.84 Å². The summed E-state index contributed by atoms with van der Waals surface area (Å²) in [4.78, 5) is 24.6. The fraction of sp³-hybridized carbons (Fsp3) is 0.353. The predicted molar refractivity (Wildman–Crippen MR) is 93.4 cm³/mol. The minimum absolute atomic E-state index is 0.175. The molecule has 1 heterocycles. The molecule has 1 atom stereocenters. The lowest BCUT2D eigenvalue weighted by Crippen LogP contribution is -2.33. The minimum Gasteiger partial charge on any atom is -0.324 e. The Morgan fingerprint density at radius 2 is 1.84 bits per heavy atom. The van der Waals surface area contributed by atoms with Crippen molar-refractivity contribution in [3.63, 3.8) is 0 Å². The van der Waals surface area contributed by atoms with Gasteiger partial charge < -0.3 is 5.32 Å². The van der Waals surface area contributed by atoms with Crippen LogP contribution in [0.3, 0.4) is 0 Å². The molecule has 2 aromatic rings. The Morgan fingerprint density at radius 3 is 2.40 bits per heavy atom. The number of nitrogens with one attached hydrogen (secondary N) is 1. The summed E-state index contributed by atoms with van der Waals surface area (Å²) in [5, 5.41) is 6.98. The zero-order chi connectivity index (χ0) is 18.2. The Morgan fingerprint density at radius 1 is 1.20 bits per heavy atom. The summed E-state index contributed by atoms with van der Waals surface area (Å²) in [7, 11) is -3.29. The van der Waals surface area contributed by atoms with Crippen molar-refractivity contribution in [3.05, 3.63) is 52.4 Å². The first-order valence-electron chi connectivity index (χ1n) is 7.96. The first kappa shape index (κ1) is 17.3. The van der Waals surface area contributed by atoms with Crippen LogP contribution < -0.4 is 10.9 Å². The summed E-state index contributed by atoms with van der Waals surface area (Å²) in [6.07, 6.45) is 3.23. The van der Waals surface area contributed by atoms with Crippen molar-refractivity contribution in [1.29, 1.82) is 0 Å². The van der Waals surface area contributed by atoms with Crippen LogP contribution in [0.4, 0.5) is 5.69 Å². The number of hydrogen-bond acceptors (Lipinski definition) is 5. The maximum absolute atomic E-state index is 12.4. The van der Waals surface area contributed by atoms with Crippen LogP contribution >= 0.6 is 0 Å². The van der Waals surface area contributed by atoms with E-state index < -0.39 is 21.8 Å². The summed E-state index contributed by atoms with van der Waals surface area (Å²) in [5.41, 5.74) is 0.951. The maximum Gasteiger partial charge on any atom is 0.267 e. The van der Waals surface area contributed by atoms with Crippen molar-refractivity contribution < 1.29 is 13.2 Å². The SMILES string of the molecule is CC(C(=O)Nc1ccc(S(C)(=O)=O)cc1)n1nc(C2CC2)ccc1=O. The zero-order valence-electron chi connectivity index (χ0n) is 14.0. The topological polar surface area (TPSA) is 98.1 Å². The molecule has 0 radical (unpaired) electrons. The van der Waals surface area contributed by atoms with Gasteiger partial charge in [0.2, 0.25) is 5.91 Å². The van der Waals surface area contributed by atoms with E-state index in [9.17, 15) is 18.0 Å². The van der Waals surface area contributed by atoms with Crippen molar-refractivity contribution in [2.45, 2.75) is 36.6 Å². The second kappa shape index (κ2) is 6.44. The number of carbonyl (C=O) groups excluding carboxylic acids is 1. The molecule has 1 saturated carbocycles. The van der Waals surface area contributed by atoms with Crippen LogP contribution in [0.2, 0.25) is 0 Å². The third-order valence-electron chi connectivity index (χ3n) is 4.14. The highest BCUT2D eigenvalue weighted by molar-refractivity contribution is 7.90. The molecule has 1 amide bonds. The lowest BCUT2D eigenvalue weighted by atomic mass is 10.2. The number of nitrogens with zero attached hydrogens (tertiary/aromatic N) is 2. The minimum atomic E-state index is -3.29. The molecular formula is C17H19N3O4S. The highest BCUT2D eigenvalue weighted by Gasteiger charge is 2.27. The van der Waals surface area contributed by atoms with Gasteiger partial charge in [-0.25, -0.2) is 13.1 Å². The van der Waals surface area contributed by atoms with Gasteiger partial charge in [0.05, 0.1) is 10.6 Å². The molecule has 8 heteroatoms. The molecule has 1 aromatic carbocycles. The standard InChI is InChI=1S/C17H19N3O4S/c1-11(20-16(21)10-9-15(19-20)12-3-4-12)17(22)18-13-5-7-14(8-6-13)25(2,23)24/h5-12H,3-4H2,1-2H3,(H,18,22). The third kappa shape index (κ3) is 3.96. The van der Waals surface area contributed by atoms with E-state index in [1.54, 1.807) is 13.0 Å². The van der Waals surface area contributed by atoms with Gasteiger partial charge in [0, 0.05) is 23.9 Å². The fourth-order valence-corrected chi connectivity index (χ4v) is 3.09. The molecule has 25 heavy (non-hydrogen) atoms. The zero-order valence-corrected chi connectivity index (χ0v) is 14.8. The molecule has 1 aromatic heterocycles. The van der Waals surface area contributed by atoms with Crippen molar-refractivity contribution in [3.8, 4) is 0 Å². The Hall–Kier alpha value is -2.48. The summed E-state index contributed by atoms with van der Waals surface area (Å²) >= 11 is 0. The average molecular weight is 361 g/mol. The first-order valence-corrected chi connectivity index (χ1v) is 9.85. The van der Waals surface area contributed by atoms with Gasteiger partial charge in [0.1, 0.15) is 6.04 Å². The number of anilines is 1. The van der Waals surface area contributed by atoms with E-state index in [1.165, 1.54) is 35.0 Å². The molecule has 0 spiro atoms. The fourth-order valence-electron chi connectivity index (χ4n) is 2.46. The molecular weight excluding hydrogens is 342 g/mol. The Balaban J connectivity index is 1.77. The Labute approximate surface area is 145 Å². The molecule has 0 bridgehead atoms. The molecule has 1 aliphatic rings. The monoisotopic (exact) mass is 361 g/mol. The number of sulfone groups is 1. The number of benzene rings is 1. The van der Waals surface area contributed by atoms with Crippen LogP contribution in [0.5, 0.6) is 0 Å². The quantitative estimate of drug-likeness (QED) is 0.874. The molecule has 1 N–H and O–H groups in total. The van der Waals surface area contributed by atoms with Crippen molar-refractivity contribution in [2.24, 2.45) is 0 Å². The van der Waals surface area contributed by atoms with Crippen LogP contribution in [0, 0.1) is 0 Å². The molecule has 1 unspecified atom stereocenters. The Bertz CT molecular complexity index is 960. The summed E-state index contributed by atoms with van der Waals surface area (Å²) in [6, 6.07) is 8.24. The number of carbonyl (C=O) groups is 1. The van der Waals surface area contributed by atoms with Gasteiger partial charge in [-0.1, -0.05) is 0 Å². The smallest absolute Gasteiger partial charge is 0.267 e. The molecule has 1 aliphatic carbocycles. The van der Waals surface area contributed by atoms with Gasteiger partial charge in [0.25, 0.3) is 5.56 Å². The van der Waals surface area contributed by atoms with Crippen molar-refractivity contribution in [1.82, 2.24) is 9.78 Å². The van der Waals surface area contributed by atoms with Gasteiger partial charge in [-0.15, -0.1) is 0 Å². The normalized spacial score (nSPS) is 15.6. The summed E-state index contributed by atoms with van der Waals surface area (Å²) in [6.45, 7) is 1.60. The van der Waals surface area contributed by atoms with Gasteiger partial charge in [-0.2, -0.15) is 5.10 Å². The van der Waals surface area contributed by atoms with Crippen LogP contribution in [-0.4, -0.2) is 30.4 Å². The van der Waals surface area contributed by atoms with Crippen LogP contribution in [0.1, 0.15) is 37.4 Å². The van der Waals surface area contributed by atoms with Crippen LogP contribution in [0.15, 0.2) is 46.1 Å². The second-order valence-electron chi connectivity index (χ2n) is 6.28. The molecule has 0 saturated heterocycles. The van der Waals surface area contributed by atoms with Crippen molar-refractivity contribution >= 4 is 21.4 Å². The van der Waals surface area contributed by atoms with E-state index >= 15 is 0 Å². The Kier molecular flexibility index (Phi) is 4.47.